The van der Waals surface area contributed by atoms with Crippen molar-refractivity contribution in [1.29, 1.82) is 0 Å². The highest BCUT2D eigenvalue weighted by Gasteiger charge is 2.28. The van der Waals surface area contributed by atoms with Crippen LogP contribution in [-0.4, -0.2) is 64.1 Å². The van der Waals surface area contributed by atoms with Crippen LogP contribution in [0.15, 0.2) is 66.7 Å². The minimum absolute atomic E-state index is 0.0814. The van der Waals surface area contributed by atoms with Gasteiger partial charge in [0, 0.05) is 42.5 Å². The molecule has 3 aromatic carbocycles. The zero-order valence-electron chi connectivity index (χ0n) is 24.0. The number of sulfonamides is 1. The van der Waals surface area contributed by atoms with Crippen molar-refractivity contribution in [2.24, 2.45) is 0 Å². The Hall–Kier alpha value is -3.31. The van der Waals surface area contributed by atoms with Gasteiger partial charge in [0.1, 0.15) is 5.75 Å². The van der Waals surface area contributed by atoms with Crippen molar-refractivity contribution >= 4 is 38.9 Å². The van der Waals surface area contributed by atoms with Gasteiger partial charge in [-0.25, -0.2) is 8.42 Å². The molecule has 1 amide bonds. The molecule has 11 heteroatoms. The molecule has 3 aromatic rings. The van der Waals surface area contributed by atoms with Gasteiger partial charge in [0.25, 0.3) is 5.91 Å². The van der Waals surface area contributed by atoms with Crippen molar-refractivity contribution in [3.05, 3.63) is 88.4 Å². The third-order valence-electron chi connectivity index (χ3n) is 7.16. The van der Waals surface area contributed by atoms with Crippen molar-refractivity contribution in [3.63, 3.8) is 0 Å². The molecule has 0 aromatic heterocycles. The number of methoxy groups -OCH3 is 1. The SMILES string of the molecule is CCNc1cc(C(=O)N[C@@H](Cc2ccc(Cl)cc2)[C@H](O)CNCc2cccc(OC)c2)cc(N2CCCCS2(=O)=O)c1. The topological polar surface area (TPSA) is 120 Å². The molecule has 4 rings (SSSR count). The molecular weight excluding hydrogens is 576 g/mol. The summed E-state index contributed by atoms with van der Waals surface area (Å²) in [6.07, 6.45) is 0.819. The molecule has 0 saturated carbocycles. The number of anilines is 2. The molecule has 1 aliphatic heterocycles. The van der Waals surface area contributed by atoms with Gasteiger partial charge in [0.05, 0.1) is 30.7 Å². The Morgan fingerprint density at radius 2 is 1.86 bits per heavy atom. The van der Waals surface area contributed by atoms with Crippen LogP contribution in [0.3, 0.4) is 0 Å². The number of carbonyl (C=O) groups excluding carboxylic acids is 1. The Labute approximate surface area is 253 Å². The van der Waals surface area contributed by atoms with Gasteiger partial charge in [-0.15, -0.1) is 0 Å². The summed E-state index contributed by atoms with van der Waals surface area (Å²) >= 11 is 6.07. The maximum atomic E-state index is 13.6. The average Bonchev–Trinajstić information content (AvgIpc) is 2.97. The standard InChI is InChI=1S/C31H39ClN4O5S/c1-3-34-26-17-24(18-27(19-26)36-13-4-5-14-42(36,39)40)31(38)35-29(16-22-9-11-25(32)12-10-22)30(37)21-33-20-23-7-6-8-28(15-23)41-2/h6-12,15,17-19,29-30,33-34,37H,3-5,13-14,16,20-21H2,1-2H3,(H,35,38)/t29-,30+/m0/s1. The van der Waals surface area contributed by atoms with Gasteiger partial charge < -0.3 is 25.8 Å². The van der Waals surface area contributed by atoms with Crippen molar-refractivity contribution < 1.29 is 23.1 Å². The van der Waals surface area contributed by atoms with E-state index in [0.717, 1.165) is 23.3 Å². The Bertz CT molecular complexity index is 1450. The van der Waals surface area contributed by atoms with Gasteiger partial charge in [0.15, 0.2) is 0 Å². The van der Waals surface area contributed by atoms with Crippen LogP contribution in [0.4, 0.5) is 11.4 Å². The van der Waals surface area contributed by atoms with E-state index in [1.807, 2.05) is 43.3 Å². The minimum atomic E-state index is -3.46. The van der Waals surface area contributed by atoms with Crippen LogP contribution in [0.5, 0.6) is 5.75 Å². The summed E-state index contributed by atoms with van der Waals surface area (Å²) in [4.78, 5) is 13.6. The van der Waals surface area contributed by atoms with Gasteiger partial charge in [-0.3, -0.25) is 9.10 Å². The van der Waals surface area contributed by atoms with Crippen LogP contribution in [0.1, 0.15) is 41.3 Å². The van der Waals surface area contributed by atoms with Crippen molar-refractivity contribution in [1.82, 2.24) is 10.6 Å². The molecule has 1 fully saturated rings. The van der Waals surface area contributed by atoms with E-state index in [0.29, 0.717) is 54.4 Å². The molecule has 1 saturated heterocycles. The molecule has 2 atom stereocenters. The molecule has 0 bridgehead atoms. The quantitative estimate of drug-likeness (QED) is 0.228. The lowest BCUT2D eigenvalue weighted by Crippen LogP contribution is -2.48. The van der Waals surface area contributed by atoms with Crippen LogP contribution in [0.25, 0.3) is 0 Å². The van der Waals surface area contributed by atoms with E-state index in [-0.39, 0.29) is 12.3 Å². The first-order valence-electron chi connectivity index (χ1n) is 14.1. The number of carbonyl (C=O) groups is 1. The van der Waals surface area contributed by atoms with E-state index in [9.17, 15) is 18.3 Å². The second-order valence-corrected chi connectivity index (χ2v) is 12.8. The molecule has 1 heterocycles. The number of nitrogens with one attached hydrogen (secondary N) is 3. The summed E-state index contributed by atoms with van der Waals surface area (Å²) in [5, 5.41) is 21.3. The Balaban J connectivity index is 1.54. The highest BCUT2D eigenvalue weighted by Crippen LogP contribution is 2.28. The molecule has 0 aliphatic carbocycles. The Morgan fingerprint density at radius 3 is 2.57 bits per heavy atom. The predicted octanol–water partition coefficient (Wildman–Crippen LogP) is 4.20. The second kappa shape index (κ2) is 14.7. The largest absolute Gasteiger partial charge is 0.497 e. The van der Waals surface area contributed by atoms with E-state index >= 15 is 0 Å². The predicted molar refractivity (Wildman–Crippen MR) is 168 cm³/mol. The molecule has 4 N–H and O–H groups in total. The fourth-order valence-corrected chi connectivity index (χ4v) is 6.72. The summed E-state index contributed by atoms with van der Waals surface area (Å²) in [6.45, 7) is 3.64. The van der Waals surface area contributed by atoms with Gasteiger partial charge in [0.2, 0.25) is 10.0 Å². The number of benzene rings is 3. The van der Waals surface area contributed by atoms with Crippen molar-refractivity contribution in [2.45, 2.75) is 44.9 Å². The molecule has 42 heavy (non-hydrogen) atoms. The fourth-order valence-electron chi connectivity index (χ4n) is 4.97. The van der Waals surface area contributed by atoms with Crippen LogP contribution < -0.4 is 25.0 Å². The first-order chi connectivity index (χ1) is 20.2. The lowest BCUT2D eigenvalue weighted by Gasteiger charge is -2.29. The smallest absolute Gasteiger partial charge is 0.251 e. The number of hydrogen-bond donors (Lipinski definition) is 4. The lowest BCUT2D eigenvalue weighted by molar-refractivity contribution is 0.0830. The minimum Gasteiger partial charge on any atom is -0.497 e. The molecular formula is C31H39ClN4O5S. The molecule has 226 valence electrons. The highest BCUT2D eigenvalue weighted by atomic mass is 35.5. The Kier molecular flexibility index (Phi) is 11.1. The van der Waals surface area contributed by atoms with Crippen molar-refractivity contribution in [2.75, 3.05) is 42.1 Å². The number of rotatable bonds is 13. The first-order valence-corrected chi connectivity index (χ1v) is 16.1. The van der Waals surface area contributed by atoms with Gasteiger partial charge in [-0.05, 0) is 79.8 Å². The van der Waals surface area contributed by atoms with Crippen LogP contribution >= 0.6 is 11.6 Å². The maximum absolute atomic E-state index is 13.6. The van der Waals surface area contributed by atoms with E-state index in [2.05, 4.69) is 16.0 Å². The summed E-state index contributed by atoms with van der Waals surface area (Å²) in [6, 6.07) is 19.4. The highest BCUT2D eigenvalue weighted by molar-refractivity contribution is 7.92. The first kappa shape index (κ1) is 31.6. The zero-order valence-corrected chi connectivity index (χ0v) is 25.5. The molecule has 0 spiro atoms. The lowest BCUT2D eigenvalue weighted by atomic mass is 10.00. The summed E-state index contributed by atoms with van der Waals surface area (Å²) in [5.74, 6) is 0.424. The zero-order chi connectivity index (χ0) is 30.1. The second-order valence-electron chi connectivity index (χ2n) is 10.4. The molecule has 0 unspecified atom stereocenters. The van der Waals surface area contributed by atoms with Gasteiger partial charge >= 0.3 is 0 Å². The molecule has 9 nitrogen and oxygen atoms in total. The van der Waals surface area contributed by atoms with Crippen molar-refractivity contribution in [3.8, 4) is 5.75 Å². The molecule has 0 radical (unpaired) electrons. The van der Waals surface area contributed by atoms with Gasteiger partial charge in [-0.1, -0.05) is 35.9 Å². The number of aliphatic hydroxyl groups excluding tert-OH is 1. The third kappa shape index (κ3) is 8.61. The number of halogens is 1. The molecule has 1 aliphatic rings. The van der Waals surface area contributed by atoms with E-state index in [1.165, 1.54) is 4.31 Å². The van der Waals surface area contributed by atoms with Crippen LogP contribution in [0, 0.1) is 0 Å². The maximum Gasteiger partial charge on any atom is 0.251 e. The fraction of sp³-hybridized carbons (Fsp3) is 0.387. The number of amides is 1. The number of aliphatic hydroxyl groups is 1. The monoisotopic (exact) mass is 614 g/mol. The average molecular weight is 615 g/mol. The van der Waals surface area contributed by atoms with Crippen LogP contribution in [0.2, 0.25) is 5.02 Å². The Morgan fingerprint density at radius 1 is 1.07 bits per heavy atom. The van der Waals surface area contributed by atoms with E-state index < -0.39 is 28.1 Å². The third-order valence-corrected chi connectivity index (χ3v) is 9.29. The van der Waals surface area contributed by atoms with E-state index in [1.54, 1.807) is 37.4 Å². The number of hydrogen-bond acceptors (Lipinski definition) is 7. The van der Waals surface area contributed by atoms with E-state index in [4.69, 9.17) is 16.3 Å². The summed E-state index contributed by atoms with van der Waals surface area (Å²) < 4.78 is 32.3. The number of ether oxygens (including phenoxy) is 1. The summed E-state index contributed by atoms with van der Waals surface area (Å²) in [7, 11) is -1.85. The normalized spacial score (nSPS) is 16.0. The van der Waals surface area contributed by atoms with Gasteiger partial charge in [-0.2, -0.15) is 0 Å². The summed E-state index contributed by atoms with van der Waals surface area (Å²) in [5.41, 5.74) is 3.31. The van der Waals surface area contributed by atoms with Crippen LogP contribution in [-0.2, 0) is 23.0 Å². The number of nitrogens with zero attached hydrogens (tertiary/aromatic N) is 1.